The molecule has 0 atom stereocenters. The third-order valence-electron chi connectivity index (χ3n) is 2.79. The fraction of sp³-hybridized carbons (Fsp3) is 0.417. The largest absolute Gasteiger partial charge is 0.494 e. The molecule has 2 heterocycles. The lowest BCUT2D eigenvalue weighted by molar-refractivity contribution is -0.142. The van der Waals surface area contributed by atoms with E-state index in [0.717, 1.165) is 0 Å². The van der Waals surface area contributed by atoms with Crippen LogP contribution in [0.4, 0.5) is 0 Å². The van der Waals surface area contributed by atoms with Crippen molar-refractivity contribution >= 4 is 5.97 Å². The van der Waals surface area contributed by atoms with Gasteiger partial charge >= 0.3 is 5.97 Å². The molecule has 0 aliphatic heterocycles. The Morgan fingerprint density at radius 3 is 2.81 bits per heavy atom. The van der Waals surface area contributed by atoms with Crippen LogP contribution in [0.1, 0.15) is 18.6 Å². The highest BCUT2D eigenvalue weighted by Crippen LogP contribution is 2.23. The van der Waals surface area contributed by atoms with E-state index >= 15 is 0 Å². The molecule has 112 valence electrons. The van der Waals surface area contributed by atoms with Crippen molar-refractivity contribution in [3.63, 3.8) is 0 Å². The maximum absolute atomic E-state index is 11.8. The van der Waals surface area contributed by atoms with Gasteiger partial charge in [-0.15, -0.1) is 10.2 Å². The van der Waals surface area contributed by atoms with E-state index in [-0.39, 0.29) is 36.3 Å². The molecule has 0 radical (unpaired) electrons. The number of carbonyl (C=O) groups excluding carboxylic acids is 1. The number of hydrogen-bond acceptors (Lipinski definition) is 8. The van der Waals surface area contributed by atoms with Crippen LogP contribution < -0.4 is 5.56 Å². The van der Waals surface area contributed by atoms with Gasteiger partial charge in [-0.05, 0) is 13.8 Å². The molecule has 2 aromatic heterocycles. The lowest BCUT2D eigenvalue weighted by atomic mass is 10.3. The fourth-order valence-corrected chi connectivity index (χ4v) is 1.64. The third-order valence-corrected chi connectivity index (χ3v) is 2.79. The Morgan fingerprint density at radius 1 is 1.43 bits per heavy atom. The summed E-state index contributed by atoms with van der Waals surface area (Å²) in [5, 5.41) is 17.3. The molecule has 1 N–H and O–H groups in total. The minimum absolute atomic E-state index is 0.00882. The van der Waals surface area contributed by atoms with E-state index in [1.807, 2.05) is 0 Å². The number of aryl methyl sites for hydroxylation is 1. The van der Waals surface area contributed by atoms with Crippen LogP contribution in [0.15, 0.2) is 9.21 Å². The normalized spacial score (nSPS) is 10.6. The molecule has 0 fully saturated rings. The zero-order valence-corrected chi connectivity index (χ0v) is 11.8. The average Bonchev–Trinajstić information content (AvgIpc) is 2.84. The van der Waals surface area contributed by atoms with Crippen molar-refractivity contribution in [1.29, 1.82) is 0 Å². The van der Waals surface area contributed by atoms with Crippen molar-refractivity contribution < 1.29 is 19.1 Å². The number of aromatic hydroxyl groups is 1. The van der Waals surface area contributed by atoms with Crippen LogP contribution in [0.2, 0.25) is 0 Å². The first kappa shape index (κ1) is 14.7. The van der Waals surface area contributed by atoms with Gasteiger partial charge in [-0.25, -0.2) is 0 Å². The quantitative estimate of drug-likeness (QED) is 0.779. The molecular weight excluding hydrogens is 280 g/mol. The Balaban J connectivity index is 2.37. The van der Waals surface area contributed by atoms with Gasteiger partial charge in [0.15, 0.2) is 5.56 Å². The van der Waals surface area contributed by atoms with Crippen molar-refractivity contribution in [2.75, 3.05) is 6.61 Å². The Bertz CT molecular complexity index is 734. The van der Waals surface area contributed by atoms with E-state index in [1.54, 1.807) is 13.8 Å². The zero-order chi connectivity index (χ0) is 15.6. The van der Waals surface area contributed by atoms with Gasteiger partial charge in [0, 0.05) is 7.05 Å². The molecule has 0 aliphatic rings. The summed E-state index contributed by atoms with van der Waals surface area (Å²) in [5.74, 6) is -0.719. The number of esters is 1. The molecule has 0 spiro atoms. The van der Waals surface area contributed by atoms with Gasteiger partial charge in [0.05, 0.1) is 6.61 Å². The number of ether oxygens (including phenoxy) is 1. The van der Waals surface area contributed by atoms with E-state index in [9.17, 15) is 14.7 Å². The number of carbonyl (C=O) groups is 1. The molecule has 0 saturated carbocycles. The van der Waals surface area contributed by atoms with Crippen molar-refractivity contribution in [2.45, 2.75) is 20.3 Å². The van der Waals surface area contributed by atoms with Gasteiger partial charge < -0.3 is 18.8 Å². The lowest BCUT2D eigenvalue weighted by Gasteiger charge is -2.07. The molecule has 9 heteroatoms. The average molecular weight is 294 g/mol. The molecule has 9 nitrogen and oxygen atoms in total. The molecule has 21 heavy (non-hydrogen) atoms. The highest BCUT2D eigenvalue weighted by molar-refractivity contribution is 5.71. The molecule has 0 aliphatic carbocycles. The summed E-state index contributed by atoms with van der Waals surface area (Å²) in [4.78, 5) is 26.9. The number of hydrogen-bond donors (Lipinski definition) is 1. The zero-order valence-electron chi connectivity index (χ0n) is 11.8. The van der Waals surface area contributed by atoms with E-state index in [1.165, 1.54) is 11.6 Å². The lowest BCUT2D eigenvalue weighted by Crippen LogP contribution is -2.16. The number of nitrogens with zero attached hydrogens (tertiary/aromatic N) is 4. The Hall–Kier alpha value is -2.71. The van der Waals surface area contributed by atoms with Gasteiger partial charge in [0.25, 0.3) is 11.4 Å². The minimum Gasteiger partial charge on any atom is -0.494 e. The third kappa shape index (κ3) is 2.91. The highest BCUT2D eigenvalue weighted by Gasteiger charge is 2.21. The van der Waals surface area contributed by atoms with Crippen LogP contribution in [0, 0.1) is 6.92 Å². The van der Waals surface area contributed by atoms with Gasteiger partial charge in [-0.1, -0.05) is 0 Å². The summed E-state index contributed by atoms with van der Waals surface area (Å²) in [6, 6.07) is 0. The van der Waals surface area contributed by atoms with Crippen LogP contribution >= 0.6 is 0 Å². The van der Waals surface area contributed by atoms with Crippen molar-refractivity contribution in [3.8, 4) is 17.3 Å². The maximum atomic E-state index is 11.8. The summed E-state index contributed by atoms with van der Waals surface area (Å²) in [6.07, 6.45) is -0.207. The number of aromatic nitrogens is 4. The van der Waals surface area contributed by atoms with E-state index in [2.05, 4.69) is 15.2 Å². The van der Waals surface area contributed by atoms with E-state index in [0.29, 0.717) is 5.82 Å². The molecule has 0 saturated heterocycles. The predicted octanol–water partition coefficient (Wildman–Crippen LogP) is -0.0501. The Morgan fingerprint density at radius 2 is 2.14 bits per heavy atom. The first-order valence-corrected chi connectivity index (χ1v) is 6.19. The number of rotatable bonds is 4. The summed E-state index contributed by atoms with van der Waals surface area (Å²) in [7, 11) is 1.54. The SMILES string of the molecule is CCOC(=O)Cc1nnc(-c2c(O)n(C)c(C)nc2=O)o1. The first-order chi connectivity index (χ1) is 9.93. The van der Waals surface area contributed by atoms with Gasteiger partial charge in [0.1, 0.15) is 12.2 Å². The van der Waals surface area contributed by atoms with Crippen molar-refractivity contribution in [3.05, 3.63) is 22.1 Å². The van der Waals surface area contributed by atoms with Crippen LogP contribution in [-0.4, -0.2) is 37.4 Å². The topological polar surface area (TPSA) is 120 Å². The monoisotopic (exact) mass is 294 g/mol. The maximum Gasteiger partial charge on any atom is 0.315 e. The second-order valence-corrected chi connectivity index (χ2v) is 4.20. The first-order valence-electron chi connectivity index (χ1n) is 6.19. The van der Waals surface area contributed by atoms with Crippen molar-refractivity contribution in [1.82, 2.24) is 19.7 Å². The van der Waals surface area contributed by atoms with Crippen LogP contribution in [0.3, 0.4) is 0 Å². The second kappa shape index (κ2) is 5.73. The Kier molecular flexibility index (Phi) is 4.01. The summed E-state index contributed by atoms with van der Waals surface area (Å²) in [5.41, 5.74) is -0.889. The summed E-state index contributed by atoms with van der Waals surface area (Å²) in [6.45, 7) is 3.49. The Labute approximate surface area is 119 Å². The standard InChI is InChI=1S/C12H14N4O5/c1-4-20-8(17)5-7-14-15-11(21-7)9-10(18)13-6(2)16(3)12(9)19/h19H,4-5H2,1-3H3. The molecule has 0 aromatic carbocycles. The molecule has 2 rings (SSSR count). The molecule has 0 amide bonds. The molecule has 0 unspecified atom stereocenters. The predicted molar refractivity (Wildman–Crippen MR) is 69.5 cm³/mol. The molecule has 2 aromatic rings. The smallest absolute Gasteiger partial charge is 0.315 e. The summed E-state index contributed by atoms with van der Waals surface area (Å²) >= 11 is 0. The second-order valence-electron chi connectivity index (χ2n) is 4.20. The van der Waals surface area contributed by atoms with E-state index in [4.69, 9.17) is 9.15 Å². The van der Waals surface area contributed by atoms with Crippen LogP contribution in [-0.2, 0) is 23.0 Å². The van der Waals surface area contributed by atoms with Crippen LogP contribution in [0.25, 0.3) is 11.5 Å². The van der Waals surface area contributed by atoms with Crippen LogP contribution in [0.5, 0.6) is 5.88 Å². The van der Waals surface area contributed by atoms with E-state index < -0.39 is 11.5 Å². The minimum atomic E-state index is -0.686. The van der Waals surface area contributed by atoms with Gasteiger partial charge in [0.2, 0.25) is 11.8 Å². The fourth-order valence-electron chi connectivity index (χ4n) is 1.64. The highest BCUT2D eigenvalue weighted by atomic mass is 16.5. The molecular formula is C12H14N4O5. The summed E-state index contributed by atoms with van der Waals surface area (Å²) < 4.78 is 11.3. The van der Waals surface area contributed by atoms with Gasteiger partial charge in [-0.2, -0.15) is 4.98 Å². The van der Waals surface area contributed by atoms with Gasteiger partial charge in [-0.3, -0.25) is 9.59 Å². The van der Waals surface area contributed by atoms with Crippen molar-refractivity contribution in [2.24, 2.45) is 7.05 Å². The molecule has 0 bridgehead atoms.